The topological polar surface area (TPSA) is 38.9 Å². The molecule has 0 radical (unpaired) electrons. The average molecular weight is 218 g/mol. The van der Waals surface area contributed by atoms with Gasteiger partial charge in [-0.2, -0.15) is 0 Å². The third-order valence-corrected chi connectivity index (χ3v) is 3.35. The summed E-state index contributed by atoms with van der Waals surface area (Å²) in [5, 5.41) is 0.647. The highest BCUT2D eigenvalue weighted by Gasteiger charge is 2.01. The SMILES string of the molecule is Cc1ccc(Cc2cnc(N)s2)cc1C. The van der Waals surface area contributed by atoms with Gasteiger partial charge in [0.2, 0.25) is 0 Å². The Labute approximate surface area is 93.8 Å². The quantitative estimate of drug-likeness (QED) is 0.841. The zero-order chi connectivity index (χ0) is 10.8. The van der Waals surface area contributed by atoms with Gasteiger partial charge in [-0.1, -0.05) is 18.2 Å². The van der Waals surface area contributed by atoms with Crippen LogP contribution < -0.4 is 5.73 Å². The number of nitrogens with two attached hydrogens (primary N) is 1. The molecule has 2 rings (SSSR count). The molecule has 2 N–H and O–H groups in total. The van der Waals surface area contributed by atoms with Crippen LogP contribution in [-0.2, 0) is 6.42 Å². The zero-order valence-electron chi connectivity index (χ0n) is 8.95. The highest BCUT2D eigenvalue weighted by molar-refractivity contribution is 7.15. The molecular weight excluding hydrogens is 204 g/mol. The number of aryl methyl sites for hydroxylation is 2. The third kappa shape index (κ3) is 2.36. The van der Waals surface area contributed by atoms with Crippen molar-refractivity contribution in [2.45, 2.75) is 20.3 Å². The highest BCUT2D eigenvalue weighted by Crippen LogP contribution is 2.19. The number of hydrogen-bond donors (Lipinski definition) is 1. The van der Waals surface area contributed by atoms with Crippen molar-refractivity contribution >= 4 is 16.5 Å². The van der Waals surface area contributed by atoms with Gasteiger partial charge in [0.05, 0.1) is 0 Å². The molecule has 0 aliphatic rings. The van der Waals surface area contributed by atoms with Gasteiger partial charge < -0.3 is 5.73 Å². The summed E-state index contributed by atoms with van der Waals surface area (Å²) in [6, 6.07) is 6.55. The Morgan fingerprint density at radius 3 is 2.67 bits per heavy atom. The lowest BCUT2D eigenvalue weighted by molar-refractivity contribution is 1.19. The summed E-state index contributed by atoms with van der Waals surface area (Å²) in [6.07, 6.45) is 2.78. The van der Waals surface area contributed by atoms with Gasteiger partial charge in [0.15, 0.2) is 5.13 Å². The van der Waals surface area contributed by atoms with E-state index in [9.17, 15) is 0 Å². The van der Waals surface area contributed by atoms with E-state index in [0.29, 0.717) is 5.13 Å². The van der Waals surface area contributed by atoms with Crippen LogP contribution >= 0.6 is 11.3 Å². The molecule has 0 unspecified atom stereocenters. The van der Waals surface area contributed by atoms with Gasteiger partial charge in [-0.15, -0.1) is 11.3 Å². The maximum absolute atomic E-state index is 5.59. The minimum absolute atomic E-state index is 0.647. The Kier molecular flexibility index (Phi) is 2.73. The van der Waals surface area contributed by atoms with E-state index in [-0.39, 0.29) is 0 Å². The maximum Gasteiger partial charge on any atom is 0.180 e. The predicted molar refractivity (Wildman–Crippen MR) is 65.2 cm³/mol. The van der Waals surface area contributed by atoms with Crippen molar-refractivity contribution in [2.75, 3.05) is 5.73 Å². The first-order valence-electron chi connectivity index (χ1n) is 4.91. The predicted octanol–water partition coefficient (Wildman–Crippen LogP) is 2.93. The van der Waals surface area contributed by atoms with E-state index in [4.69, 9.17) is 5.73 Å². The molecule has 1 aromatic carbocycles. The molecule has 1 heterocycles. The van der Waals surface area contributed by atoms with Crippen LogP contribution in [0.15, 0.2) is 24.4 Å². The monoisotopic (exact) mass is 218 g/mol. The number of thiazole rings is 1. The number of hydrogen-bond acceptors (Lipinski definition) is 3. The number of anilines is 1. The van der Waals surface area contributed by atoms with E-state index in [1.54, 1.807) is 11.3 Å². The van der Waals surface area contributed by atoms with Gasteiger partial charge in [-0.05, 0) is 30.5 Å². The maximum atomic E-state index is 5.59. The second-order valence-corrected chi connectivity index (χ2v) is 4.91. The van der Waals surface area contributed by atoms with E-state index in [0.717, 1.165) is 6.42 Å². The van der Waals surface area contributed by atoms with Crippen molar-refractivity contribution in [2.24, 2.45) is 0 Å². The Morgan fingerprint density at radius 1 is 1.27 bits per heavy atom. The van der Waals surface area contributed by atoms with Crippen LogP contribution in [0.1, 0.15) is 21.6 Å². The summed E-state index contributed by atoms with van der Waals surface area (Å²) in [5.41, 5.74) is 9.59. The van der Waals surface area contributed by atoms with Crippen LogP contribution in [0.3, 0.4) is 0 Å². The summed E-state index contributed by atoms with van der Waals surface area (Å²) in [7, 11) is 0. The molecule has 0 fully saturated rings. The number of rotatable bonds is 2. The van der Waals surface area contributed by atoms with Crippen LogP contribution in [0.5, 0.6) is 0 Å². The number of aromatic nitrogens is 1. The Morgan fingerprint density at radius 2 is 2.07 bits per heavy atom. The van der Waals surface area contributed by atoms with Crippen molar-refractivity contribution in [1.29, 1.82) is 0 Å². The zero-order valence-corrected chi connectivity index (χ0v) is 9.77. The fraction of sp³-hybridized carbons (Fsp3) is 0.250. The number of benzene rings is 1. The third-order valence-electron chi connectivity index (χ3n) is 2.52. The molecule has 15 heavy (non-hydrogen) atoms. The molecule has 78 valence electrons. The lowest BCUT2D eigenvalue weighted by atomic mass is 10.0. The van der Waals surface area contributed by atoms with E-state index >= 15 is 0 Å². The fourth-order valence-electron chi connectivity index (χ4n) is 1.52. The van der Waals surface area contributed by atoms with Crippen LogP contribution in [0, 0.1) is 13.8 Å². The minimum atomic E-state index is 0.647. The van der Waals surface area contributed by atoms with E-state index < -0.39 is 0 Å². The summed E-state index contributed by atoms with van der Waals surface area (Å²) < 4.78 is 0. The van der Waals surface area contributed by atoms with Gasteiger partial charge in [-0.25, -0.2) is 4.98 Å². The lowest BCUT2D eigenvalue weighted by Gasteiger charge is -2.03. The molecule has 2 nitrogen and oxygen atoms in total. The van der Waals surface area contributed by atoms with Gasteiger partial charge >= 0.3 is 0 Å². The summed E-state index contributed by atoms with van der Waals surface area (Å²) >= 11 is 1.56. The van der Waals surface area contributed by atoms with Crippen LogP contribution in [0.25, 0.3) is 0 Å². The van der Waals surface area contributed by atoms with Gasteiger partial charge in [0.1, 0.15) is 0 Å². The molecular formula is C12H14N2S. The van der Waals surface area contributed by atoms with Crippen molar-refractivity contribution < 1.29 is 0 Å². The highest BCUT2D eigenvalue weighted by atomic mass is 32.1. The van der Waals surface area contributed by atoms with Crippen molar-refractivity contribution in [1.82, 2.24) is 4.98 Å². The second kappa shape index (κ2) is 4.03. The Bertz CT molecular complexity index is 474. The number of nitrogen functional groups attached to an aromatic ring is 1. The average Bonchev–Trinajstić information content (AvgIpc) is 2.58. The van der Waals surface area contributed by atoms with Crippen LogP contribution in [0.4, 0.5) is 5.13 Å². The van der Waals surface area contributed by atoms with Gasteiger partial charge in [0, 0.05) is 17.5 Å². The largest absolute Gasteiger partial charge is 0.375 e. The standard InChI is InChI=1S/C12H14N2S/c1-8-3-4-10(5-9(8)2)6-11-7-14-12(13)15-11/h3-5,7H,6H2,1-2H3,(H2,13,14). The molecule has 0 aliphatic heterocycles. The van der Waals surface area contributed by atoms with Crippen LogP contribution in [0.2, 0.25) is 0 Å². The molecule has 0 aliphatic carbocycles. The van der Waals surface area contributed by atoms with Crippen molar-refractivity contribution in [3.05, 3.63) is 46.0 Å². The molecule has 0 saturated carbocycles. The first-order chi connectivity index (χ1) is 7.15. The first kappa shape index (κ1) is 10.2. The second-order valence-electron chi connectivity index (χ2n) is 3.76. The molecule has 0 amide bonds. The van der Waals surface area contributed by atoms with E-state index in [1.165, 1.54) is 21.6 Å². The van der Waals surface area contributed by atoms with Gasteiger partial charge in [0.25, 0.3) is 0 Å². The molecule has 0 spiro atoms. The Hall–Kier alpha value is -1.35. The van der Waals surface area contributed by atoms with Crippen LogP contribution in [-0.4, -0.2) is 4.98 Å². The molecule has 0 saturated heterocycles. The van der Waals surface area contributed by atoms with E-state index in [1.807, 2.05) is 6.20 Å². The van der Waals surface area contributed by atoms with E-state index in [2.05, 4.69) is 37.0 Å². The van der Waals surface area contributed by atoms with Crippen molar-refractivity contribution in [3.8, 4) is 0 Å². The smallest absolute Gasteiger partial charge is 0.180 e. The summed E-state index contributed by atoms with van der Waals surface area (Å²) in [5.74, 6) is 0. The van der Waals surface area contributed by atoms with Crippen molar-refractivity contribution in [3.63, 3.8) is 0 Å². The normalized spacial score (nSPS) is 10.5. The molecule has 2 aromatic rings. The van der Waals surface area contributed by atoms with Gasteiger partial charge in [-0.3, -0.25) is 0 Å². The minimum Gasteiger partial charge on any atom is -0.375 e. The summed E-state index contributed by atoms with van der Waals surface area (Å²) in [6.45, 7) is 4.27. The molecule has 0 atom stereocenters. The first-order valence-corrected chi connectivity index (χ1v) is 5.73. The lowest BCUT2D eigenvalue weighted by Crippen LogP contribution is -1.88. The number of nitrogens with zero attached hydrogens (tertiary/aromatic N) is 1. The molecule has 0 bridgehead atoms. The fourth-order valence-corrected chi connectivity index (χ4v) is 2.24. The molecule has 3 heteroatoms. The summed E-state index contributed by atoms with van der Waals surface area (Å²) in [4.78, 5) is 5.27. The Balaban J connectivity index is 2.21. The molecule has 1 aromatic heterocycles.